The van der Waals surface area contributed by atoms with Crippen molar-refractivity contribution in [3.8, 4) is 0 Å². The summed E-state index contributed by atoms with van der Waals surface area (Å²) in [7, 11) is 0. The third-order valence-electron chi connectivity index (χ3n) is 3.30. The van der Waals surface area contributed by atoms with Crippen LogP contribution in [0, 0.1) is 11.3 Å². The van der Waals surface area contributed by atoms with Crippen molar-refractivity contribution in [1.29, 1.82) is 0 Å². The Morgan fingerprint density at radius 1 is 1.12 bits per heavy atom. The van der Waals surface area contributed by atoms with E-state index < -0.39 is 23.3 Å². The maximum Gasteiger partial charge on any atom is 0.310 e. The van der Waals surface area contributed by atoms with E-state index in [-0.39, 0.29) is 0 Å². The SMILES string of the molecule is CCCC(C(=O)O)C(CC)(CCC)C(=O)O. The highest BCUT2D eigenvalue weighted by Gasteiger charge is 2.46. The van der Waals surface area contributed by atoms with Gasteiger partial charge in [-0.2, -0.15) is 0 Å². The molecule has 0 bridgehead atoms. The van der Waals surface area contributed by atoms with Gasteiger partial charge in [0.25, 0.3) is 0 Å². The van der Waals surface area contributed by atoms with E-state index in [0.29, 0.717) is 32.1 Å². The van der Waals surface area contributed by atoms with Crippen LogP contribution in [0.4, 0.5) is 0 Å². The van der Waals surface area contributed by atoms with Crippen molar-refractivity contribution in [3.63, 3.8) is 0 Å². The van der Waals surface area contributed by atoms with Crippen molar-refractivity contribution in [2.75, 3.05) is 0 Å². The number of carbonyl (C=O) groups is 2. The molecule has 0 amide bonds. The molecule has 94 valence electrons. The highest BCUT2D eigenvalue weighted by molar-refractivity contribution is 5.83. The highest BCUT2D eigenvalue weighted by atomic mass is 16.4. The van der Waals surface area contributed by atoms with Crippen molar-refractivity contribution in [2.24, 2.45) is 11.3 Å². The van der Waals surface area contributed by atoms with Gasteiger partial charge in [-0.25, -0.2) is 0 Å². The molecule has 0 spiro atoms. The molecule has 0 heterocycles. The predicted octanol–water partition coefficient (Wildman–Crippen LogP) is 2.77. The lowest BCUT2D eigenvalue weighted by Crippen LogP contribution is -2.42. The van der Waals surface area contributed by atoms with Crippen molar-refractivity contribution in [3.05, 3.63) is 0 Å². The Morgan fingerprint density at radius 2 is 1.69 bits per heavy atom. The number of carboxylic acid groups (broad SMARTS) is 2. The van der Waals surface area contributed by atoms with E-state index in [1.807, 2.05) is 13.8 Å². The Morgan fingerprint density at radius 3 is 1.94 bits per heavy atom. The van der Waals surface area contributed by atoms with E-state index in [1.54, 1.807) is 6.92 Å². The van der Waals surface area contributed by atoms with E-state index in [4.69, 9.17) is 0 Å². The predicted molar refractivity (Wildman–Crippen MR) is 61.3 cm³/mol. The van der Waals surface area contributed by atoms with Crippen LogP contribution in [0.2, 0.25) is 0 Å². The third kappa shape index (κ3) is 2.97. The summed E-state index contributed by atoms with van der Waals surface area (Å²) in [5.41, 5.74) is -1.10. The second-order valence-electron chi connectivity index (χ2n) is 4.24. The van der Waals surface area contributed by atoms with Crippen LogP contribution in [0.5, 0.6) is 0 Å². The maximum atomic E-state index is 11.4. The van der Waals surface area contributed by atoms with Crippen LogP contribution in [-0.4, -0.2) is 22.2 Å². The van der Waals surface area contributed by atoms with Gasteiger partial charge in [0.1, 0.15) is 0 Å². The first kappa shape index (κ1) is 14.9. The average molecular weight is 230 g/mol. The first-order chi connectivity index (χ1) is 7.46. The van der Waals surface area contributed by atoms with Crippen LogP contribution >= 0.6 is 0 Å². The summed E-state index contributed by atoms with van der Waals surface area (Å²) in [5, 5.41) is 18.5. The fourth-order valence-corrected chi connectivity index (χ4v) is 2.38. The van der Waals surface area contributed by atoms with Crippen molar-refractivity contribution in [1.82, 2.24) is 0 Å². The van der Waals surface area contributed by atoms with Gasteiger partial charge < -0.3 is 10.2 Å². The third-order valence-corrected chi connectivity index (χ3v) is 3.30. The van der Waals surface area contributed by atoms with Gasteiger partial charge in [0, 0.05) is 0 Å². The zero-order chi connectivity index (χ0) is 12.8. The number of hydrogen-bond donors (Lipinski definition) is 2. The van der Waals surface area contributed by atoms with Crippen LogP contribution in [0.15, 0.2) is 0 Å². The summed E-state index contributed by atoms with van der Waals surface area (Å²) in [4.78, 5) is 22.6. The van der Waals surface area contributed by atoms with Gasteiger partial charge in [-0.05, 0) is 19.3 Å². The van der Waals surface area contributed by atoms with Crippen LogP contribution in [0.25, 0.3) is 0 Å². The number of rotatable bonds is 8. The largest absolute Gasteiger partial charge is 0.481 e. The molecule has 0 fully saturated rings. The fraction of sp³-hybridized carbons (Fsp3) is 0.833. The van der Waals surface area contributed by atoms with Crippen molar-refractivity contribution < 1.29 is 19.8 Å². The number of hydrogen-bond acceptors (Lipinski definition) is 2. The minimum atomic E-state index is -1.10. The standard InChI is InChI=1S/C12H22O4/c1-4-7-9(10(13)14)12(6-3,8-5-2)11(15)16/h9H,4-8H2,1-3H3,(H,13,14)(H,15,16). The van der Waals surface area contributed by atoms with Gasteiger partial charge in [0.15, 0.2) is 0 Å². The average Bonchev–Trinajstić information content (AvgIpc) is 2.22. The normalized spacial score (nSPS) is 16.4. The van der Waals surface area contributed by atoms with Gasteiger partial charge in [-0.1, -0.05) is 33.6 Å². The Labute approximate surface area is 96.7 Å². The summed E-state index contributed by atoms with van der Waals surface area (Å²) in [6.07, 6.45) is 2.60. The van der Waals surface area contributed by atoms with E-state index in [0.717, 1.165) is 0 Å². The zero-order valence-corrected chi connectivity index (χ0v) is 10.3. The van der Waals surface area contributed by atoms with E-state index in [9.17, 15) is 19.8 Å². The molecule has 2 unspecified atom stereocenters. The molecule has 2 N–H and O–H groups in total. The number of carboxylic acids is 2. The second-order valence-corrected chi connectivity index (χ2v) is 4.24. The van der Waals surface area contributed by atoms with Crippen LogP contribution in [0.3, 0.4) is 0 Å². The summed E-state index contributed by atoms with van der Waals surface area (Å²) >= 11 is 0. The zero-order valence-electron chi connectivity index (χ0n) is 10.3. The minimum absolute atomic E-state index is 0.368. The fourth-order valence-electron chi connectivity index (χ4n) is 2.38. The summed E-state index contributed by atoms with van der Waals surface area (Å²) in [6.45, 7) is 5.53. The molecule has 0 aliphatic carbocycles. The molecule has 0 radical (unpaired) electrons. The molecule has 16 heavy (non-hydrogen) atoms. The lowest BCUT2D eigenvalue weighted by molar-refractivity contribution is -0.164. The Kier molecular flexibility index (Phi) is 6.08. The maximum absolute atomic E-state index is 11.4. The molecule has 0 aliphatic rings. The number of aliphatic carboxylic acids is 2. The minimum Gasteiger partial charge on any atom is -0.481 e. The highest BCUT2D eigenvalue weighted by Crippen LogP contribution is 2.39. The van der Waals surface area contributed by atoms with Gasteiger partial charge in [-0.15, -0.1) is 0 Å². The Bertz CT molecular complexity index is 249. The van der Waals surface area contributed by atoms with E-state index in [2.05, 4.69) is 0 Å². The van der Waals surface area contributed by atoms with Crippen molar-refractivity contribution >= 4 is 11.9 Å². The molecule has 0 saturated carbocycles. The lowest BCUT2D eigenvalue weighted by Gasteiger charge is -2.33. The molecular formula is C12H22O4. The van der Waals surface area contributed by atoms with Crippen LogP contribution in [-0.2, 0) is 9.59 Å². The molecule has 4 heteroatoms. The van der Waals surface area contributed by atoms with E-state index in [1.165, 1.54) is 0 Å². The topological polar surface area (TPSA) is 74.6 Å². The summed E-state index contributed by atoms with van der Waals surface area (Å²) in [6, 6.07) is 0. The molecule has 0 aliphatic heterocycles. The van der Waals surface area contributed by atoms with Gasteiger partial charge in [0.05, 0.1) is 11.3 Å². The van der Waals surface area contributed by atoms with Gasteiger partial charge in [-0.3, -0.25) is 9.59 Å². The summed E-state index contributed by atoms with van der Waals surface area (Å²) in [5.74, 6) is -2.74. The molecule has 0 aromatic rings. The Balaban J connectivity index is 5.23. The summed E-state index contributed by atoms with van der Waals surface area (Å²) < 4.78 is 0. The molecule has 4 nitrogen and oxygen atoms in total. The van der Waals surface area contributed by atoms with Crippen molar-refractivity contribution in [2.45, 2.75) is 52.9 Å². The van der Waals surface area contributed by atoms with E-state index >= 15 is 0 Å². The first-order valence-corrected chi connectivity index (χ1v) is 5.92. The lowest BCUT2D eigenvalue weighted by atomic mass is 9.68. The molecule has 0 aromatic carbocycles. The van der Waals surface area contributed by atoms with Gasteiger partial charge in [0.2, 0.25) is 0 Å². The molecule has 0 aromatic heterocycles. The second kappa shape index (κ2) is 6.51. The smallest absolute Gasteiger partial charge is 0.310 e. The molecular weight excluding hydrogens is 208 g/mol. The molecule has 0 rings (SSSR count). The molecule has 0 saturated heterocycles. The van der Waals surface area contributed by atoms with Crippen LogP contribution in [0.1, 0.15) is 52.9 Å². The van der Waals surface area contributed by atoms with Crippen LogP contribution < -0.4 is 0 Å². The molecule has 2 atom stereocenters. The Hall–Kier alpha value is -1.06. The van der Waals surface area contributed by atoms with Gasteiger partial charge >= 0.3 is 11.9 Å². The monoisotopic (exact) mass is 230 g/mol. The quantitative estimate of drug-likeness (QED) is 0.672. The first-order valence-electron chi connectivity index (χ1n) is 5.92.